The van der Waals surface area contributed by atoms with Crippen LogP contribution in [0.3, 0.4) is 0 Å². The van der Waals surface area contributed by atoms with E-state index in [1.54, 1.807) is 32.0 Å². The van der Waals surface area contributed by atoms with E-state index in [0.717, 1.165) is 11.1 Å². The van der Waals surface area contributed by atoms with Crippen molar-refractivity contribution in [2.75, 3.05) is 0 Å². The summed E-state index contributed by atoms with van der Waals surface area (Å²) in [6, 6.07) is 8.64. The predicted octanol–water partition coefficient (Wildman–Crippen LogP) is 5.37. The quantitative estimate of drug-likeness (QED) is 0.651. The lowest BCUT2D eigenvalue weighted by Crippen LogP contribution is -2.00. The highest BCUT2D eigenvalue weighted by molar-refractivity contribution is 9.09. The molecule has 2 aromatic rings. The van der Waals surface area contributed by atoms with Gasteiger partial charge in [0.05, 0.1) is 4.83 Å². The number of hydrogen-bond acceptors (Lipinski definition) is 0. The third-order valence-electron chi connectivity index (χ3n) is 3.18. The largest absolute Gasteiger partial charge is 0.207 e. The van der Waals surface area contributed by atoms with E-state index < -0.39 is 0 Å². The Bertz CT molecular complexity index is 597. The first-order chi connectivity index (χ1) is 8.90. The summed E-state index contributed by atoms with van der Waals surface area (Å²) in [5.41, 5.74) is 3.46. The van der Waals surface area contributed by atoms with Crippen LogP contribution in [0.25, 0.3) is 0 Å². The van der Waals surface area contributed by atoms with Crippen LogP contribution in [0.5, 0.6) is 0 Å². The predicted molar refractivity (Wildman–Crippen MR) is 77.8 cm³/mol. The van der Waals surface area contributed by atoms with Crippen molar-refractivity contribution in [2.45, 2.75) is 25.6 Å². The molecule has 100 valence electrons. The van der Waals surface area contributed by atoms with E-state index in [9.17, 15) is 8.78 Å². The van der Waals surface area contributed by atoms with Crippen LogP contribution in [-0.2, 0) is 0 Å². The van der Waals surface area contributed by atoms with Crippen LogP contribution in [0, 0.1) is 32.4 Å². The normalized spacial score (nSPS) is 12.5. The lowest BCUT2D eigenvalue weighted by atomic mass is 9.99. The number of rotatable bonds is 2. The SMILES string of the molecule is Cc1ccc(C(Br)c2cc(C)c(F)c(C)c2)c(F)c1. The van der Waals surface area contributed by atoms with Gasteiger partial charge in [-0.3, -0.25) is 0 Å². The standard InChI is InChI=1S/C16H15BrF2/c1-9-4-5-13(14(18)6-9)15(17)12-7-10(2)16(19)11(3)8-12/h4-8,15H,1-3H3. The summed E-state index contributed by atoms with van der Waals surface area (Å²) in [6.45, 7) is 5.29. The van der Waals surface area contributed by atoms with E-state index in [1.807, 2.05) is 13.0 Å². The van der Waals surface area contributed by atoms with Crippen molar-refractivity contribution in [3.63, 3.8) is 0 Å². The van der Waals surface area contributed by atoms with Crippen molar-refractivity contribution in [3.05, 3.63) is 69.8 Å². The second kappa shape index (κ2) is 5.41. The molecule has 3 heteroatoms. The zero-order valence-corrected chi connectivity index (χ0v) is 12.7. The smallest absolute Gasteiger partial charge is 0.129 e. The van der Waals surface area contributed by atoms with Crippen molar-refractivity contribution in [1.29, 1.82) is 0 Å². The van der Waals surface area contributed by atoms with E-state index in [1.165, 1.54) is 6.07 Å². The summed E-state index contributed by atoms with van der Waals surface area (Å²) in [5.74, 6) is -0.450. The maximum atomic E-state index is 14.0. The molecule has 0 radical (unpaired) electrons. The van der Waals surface area contributed by atoms with Crippen molar-refractivity contribution < 1.29 is 8.78 Å². The van der Waals surface area contributed by atoms with Gasteiger partial charge in [-0.1, -0.05) is 40.2 Å². The van der Waals surface area contributed by atoms with E-state index >= 15 is 0 Å². The molecule has 0 nitrogen and oxygen atoms in total. The van der Waals surface area contributed by atoms with Crippen molar-refractivity contribution in [3.8, 4) is 0 Å². The second-order valence-electron chi connectivity index (χ2n) is 4.86. The average molecular weight is 325 g/mol. The molecule has 0 aliphatic heterocycles. The molecule has 2 rings (SSSR count). The molecule has 0 aromatic heterocycles. The Morgan fingerprint density at radius 1 is 0.947 bits per heavy atom. The Morgan fingerprint density at radius 3 is 2.05 bits per heavy atom. The zero-order valence-electron chi connectivity index (χ0n) is 11.1. The molecular weight excluding hydrogens is 310 g/mol. The van der Waals surface area contributed by atoms with Crippen molar-refractivity contribution in [1.82, 2.24) is 0 Å². The Balaban J connectivity index is 2.47. The van der Waals surface area contributed by atoms with Crippen LogP contribution in [0.15, 0.2) is 30.3 Å². The third kappa shape index (κ3) is 2.86. The van der Waals surface area contributed by atoms with Gasteiger partial charge in [-0.2, -0.15) is 0 Å². The summed E-state index contributed by atoms with van der Waals surface area (Å²) >= 11 is 3.50. The maximum absolute atomic E-state index is 14.0. The first-order valence-corrected chi connectivity index (χ1v) is 6.98. The number of halogens is 3. The molecule has 0 amide bonds. The van der Waals surface area contributed by atoms with Crippen LogP contribution in [0.1, 0.15) is 32.6 Å². The van der Waals surface area contributed by atoms with Gasteiger partial charge < -0.3 is 0 Å². The van der Waals surface area contributed by atoms with Crippen LogP contribution in [0.4, 0.5) is 8.78 Å². The molecule has 0 N–H and O–H groups in total. The van der Waals surface area contributed by atoms with Gasteiger partial charge in [0, 0.05) is 5.56 Å². The lowest BCUT2D eigenvalue weighted by molar-refractivity contribution is 0.606. The molecule has 1 unspecified atom stereocenters. The molecule has 2 aromatic carbocycles. The van der Waals surface area contributed by atoms with Gasteiger partial charge >= 0.3 is 0 Å². The molecule has 0 bridgehead atoms. The van der Waals surface area contributed by atoms with Crippen LogP contribution in [0.2, 0.25) is 0 Å². The first kappa shape index (κ1) is 14.2. The Labute approximate surface area is 120 Å². The van der Waals surface area contributed by atoms with Crippen LogP contribution < -0.4 is 0 Å². The number of alkyl halides is 1. The summed E-state index contributed by atoms with van der Waals surface area (Å²) in [7, 11) is 0. The van der Waals surface area contributed by atoms with Crippen LogP contribution in [-0.4, -0.2) is 0 Å². The topological polar surface area (TPSA) is 0 Å². The van der Waals surface area contributed by atoms with E-state index in [0.29, 0.717) is 16.7 Å². The molecule has 19 heavy (non-hydrogen) atoms. The molecular formula is C16H15BrF2. The number of benzene rings is 2. The Hall–Kier alpha value is -1.22. The average Bonchev–Trinajstić information content (AvgIpc) is 2.34. The second-order valence-corrected chi connectivity index (χ2v) is 5.77. The molecule has 0 aliphatic carbocycles. The fraction of sp³-hybridized carbons (Fsp3) is 0.250. The molecule has 0 saturated heterocycles. The minimum atomic E-state index is -0.272. The zero-order chi connectivity index (χ0) is 14.2. The van der Waals surface area contributed by atoms with E-state index in [4.69, 9.17) is 0 Å². The highest BCUT2D eigenvalue weighted by atomic mass is 79.9. The van der Waals surface area contributed by atoms with Crippen LogP contribution >= 0.6 is 15.9 Å². The van der Waals surface area contributed by atoms with Crippen molar-refractivity contribution in [2.24, 2.45) is 0 Å². The van der Waals surface area contributed by atoms with E-state index in [2.05, 4.69) is 15.9 Å². The minimum absolute atomic E-state index is 0.201. The third-order valence-corrected chi connectivity index (χ3v) is 4.20. The summed E-state index contributed by atoms with van der Waals surface area (Å²) in [5, 5.41) is 0. The summed E-state index contributed by atoms with van der Waals surface area (Å²) < 4.78 is 27.6. The number of aryl methyl sites for hydroxylation is 3. The van der Waals surface area contributed by atoms with Gasteiger partial charge in [0.1, 0.15) is 11.6 Å². The van der Waals surface area contributed by atoms with Crippen molar-refractivity contribution >= 4 is 15.9 Å². The van der Waals surface area contributed by atoms with Gasteiger partial charge in [-0.05, 0) is 49.1 Å². The highest BCUT2D eigenvalue weighted by Crippen LogP contribution is 2.34. The monoisotopic (exact) mass is 324 g/mol. The van der Waals surface area contributed by atoms with Gasteiger partial charge in [-0.15, -0.1) is 0 Å². The fourth-order valence-electron chi connectivity index (χ4n) is 2.14. The molecule has 0 aliphatic rings. The highest BCUT2D eigenvalue weighted by Gasteiger charge is 2.17. The van der Waals surface area contributed by atoms with Gasteiger partial charge in [0.25, 0.3) is 0 Å². The molecule has 0 fully saturated rings. The van der Waals surface area contributed by atoms with Gasteiger partial charge in [-0.25, -0.2) is 8.78 Å². The Morgan fingerprint density at radius 2 is 1.53 bits per heavy atom. The number of hydrogen-bond donors (Lipinski definition) is 0. The molecule has 0 spiro atoms. The molecule has 0 heterocycles. The summed E-state index contributed by atoms with van der Waals surface area (Å²) in [4.78, 5) is -0.272. The first-order valence-electron chi connectivity index (χ1n) is 6.07. The minimum Gasteiger partial charge on any atom is -0.207 e. The van der Waals surface area contributed by atoms with Gasteiger partial charge in [0.2, 0.25) is 0 Å². The Kier molecular flexibility index (Phi) is 4.04. The molecule has 1 atom stereocenters. The summed E-state index contributed by atoms with van der Waals surface area (Å²) in [6.07, 6.45) is 0. The molecule has 0 saturated carbocycles. The fourth-order valence-corrected chi connectivity index (χ4v) is 2.78. The maximum Gasteiger partial charge on any atom is 0.129 e. The van der Waals surface area contributed by atoms with Gasteiger partial charge in [0.15, 0.2) is 0 Å². The lowest BCUT2D eigenvalue weighted by Gasteiger charge is -2.14. The van der Waals surface area contributed by atoms with E-state index in [-0.39, 0.29) is 16.5 Å².